The average Bonchev–Trinajstić information content (AvgIpc) is 3.51. The molecule has 2 aromatic carbocycles. The largest absolute Gasteiger partial charge is 0.368 e. The van der Waals surface area contributed by atoms with Gasteiger partial charge in [-0.3, -0.25) is 19.2 Å². The van der Waals surface area contributed by atoms with E-state index >= 15 is 0 Å². The van der Waals surface area contributed by atoms with Crippen molar-refractivity contribution in [3.05, 3.63) is 92.1 Å². The van der Waals surface area contributed by atoms with Crippen molar-refractivity contribution in [1.82, 2.24) is 16.0 Å². The fourth-order valence-corrected chi connectivity index (χ4v) is 5.47. The molecule has 3 rings (SSSR count). The number of hydrogen-bond donors (Lipinski definition) is 6. The highest BCUT2D eigenvalue weighted by Gasteiger charge is 2.30. The van der Waals surface area contributed by atoms with E-state index < -0.39 is 47.8 Å². The van der Waals surface area contributed by atoms with Crippen LogP contribution in [0.3, 0.4) is 0 Å². The van der Waals surface area contributed by atoms with E-state index in [1.54, 1.807) is 48.5 Å². The van der Waals surface area contributed by atoms with Crippen molar-refractivity contribution in [3.8, 4) is 0 Å². The maximum absolute atomic E-state index is 13.7. The SMILES string of the molecule is NCCCCC(NC(=O)C(Cc1ccc(Cl)cc1)NC(=O)C(N)Cc1ccc(Cl)cc1)C(=O)NC(Cc1cccs1)C(N)=O. The van der Waals surface area contributed by atoms with Gasteiger partial charge < -0.3 is 33.2 Å². The van der Waals surface area contributed by atoms with Crippen LogP contribution < -0.4 is 33.2 Å². The number of thiophene rings is 1. The van der Waals surface area contributed by atoms with E-state index in [0.29, 0.717) is 29.4 Å². The van der Waals surface area contributed by atoms with E-state index in [-0.39, 0.29) is 25.7 Å². The van der Waals surface area contributed by atoms with Crippen LogP contribution in [0, 0.1) is 0 Å². The highest BCUT2D eigenvalue weighted by molar-refractivity contribution is 7.09. The number of nitrogens with two attached hydrogens (primary N) is 3. The molecule has 0 radical (unpaired) electrons. The second-order valence-corrected chi connectivity index (χ2v) is 12.3. The number of carbonyl (C=O) groups excluding carboxylic acids is 4. The van der Waals surface area contributed by atoms with Crippen LogP contribution in [0.1, 0.15) is 35.3 Å². The average molecular weight is 662 g/mol. The van der Waals surface area contributed by atoms with Crippen molar-refractivity contribution in [1.29, 1.82) is 0 Å². The lowest BCUT2D eigenvalue weighted by Crippen LogP contribution is -2.58. The zero-order valence-corrected chi connectivity index (χ0v) is 26.5. The fourth-order valence-electron chi connectivity index (χ4n) is 4.47. The Morgan fingerprint density at radius 3 is 1.80 bits per heavy atom. The molecule has 4 atom stereocenters. The van der Waals surface area contributed by atoms with Crippen molar-refractivity contribution in [2.45, 2.75) is 62.7 Å². The summed E-state index contributed by atoms with van der Waals surface area (Å²) in [5, 5.41) is 11.2. The van der Waals surface area contributed by atoms with Crippen LogP contribution >= 0.6 is 34.5 Å². The third-order valence-corrected chi connectivity index (χ3v) is 8.32. The Kier molecular flexibility index (Phi) is 14.1. The predicted molar refractivity (Wildman–Crippen MR) is 174 cm³/mol. The van der Waals surface area contributed by atoms with Gasteiger partial charge in [-0.15, -0.1) is 11.3 Å². The fraction of sp³-hybridized carbons (Fsp3) is 0.355. The van der Waals surface area contributed by atoms with E-state index in [9.17, 15) is 19.2 Å². The third kappa shape index (κ3) is 11.5. The summed E-state index contributed by atoms with van der Waals surface area (Å²) >= 11 is 13.4. The molecule has 0 spiro atoms. The van der Waals surface area contributed by atoms with E-state index in [1.165, 1.54) is 11.3 Å². The van der Waals surface area contributed by atoms with Crippen molar-refractivity contribution in [2.75, 3.05) is 6.54 Å². The number of unbranched alkanes of at least 4 members (excludes halogenated alkanes) is 1. The maximum atomic E-state index is 13.7. The molecule has 4 unspecified atom stereocenters. The first-order valence-corrected chi connectivity index (χ1v) is 15.9. The molecule has 236 valence electrons. The van der Waals surface area contributed by atoms with Gasteiger partial charge in [-0.25, -0.2) is 0 Å². The summed E-state index contributed by atoms with van der Waals surface area (Å²) < 4.78 is 0. The second kappa shape index (κ2) is 17.7. The summed E-state index contributed by atoms with van der Waals surface area (Å²) in [4.78, 5) is 53.3. The summed E-state index contributed by atoms with van der Waals surface area (Å²) in [6, 6.07) is 13.5. The van der Waals surface area contributed by atoms with Gasteiger partial charge in [-0.2, -0.15) is 0 Å². The Hall–Kier alpha value is -3.48. The number of benzene rings is 2. The number of primary amides is 1. The third-order valence-electron chi connectivity index (χ3n) is 6.92. The van der Waals surface area contributed by atoms with Crippen molar-refractivity contribution in [2.24, 2.45) is 17.2 Å². The maximum Gasteiger partial charge on any atom is 0.243 e. The molecule has 1 aromatic heterocycles. The molecule has 1 heterocycles. The highest BCUT2D eigenvalue weighted by atomic mass is 35.5. The van der Waals surface area contributed by atoms with Crippen molar-refractivity contribution >= 4 is 58.2 Å². The molecular formula is C31H38Cl2N6O4S. The van der Waals surface area contributed by atoms with Crippen LogP contribution in [0.2, 0.25) is 10.0 Å². The summed E-state index contributed by atoms with van der Waals surface area (Å²) in [7, 11) is 0. The number of amides is 4. The predicted octanol–water partition coefficient (Wildman–Crippen LogP) is 2.48. The summed E-state index contributed by atoms with van der Waals surface area (Å²) in [5.74, 6) is -2.38. The first-order chi connectivity index (χ1) is 21.0. The van der Waals surface area contributed by atoms with Gasteiger partial charge in [0.25, 0.3) is 0 Å². The van der Waals surface area contributed by atoms with Crippen LogP contribution in [-0.4, -0.2) is 54.3 Å². The molecule has 0 saturated heterocycles. The van der Waals surface area contributed by atoms with E-state index in [0.717, 1.165) is 16.0 Å². The standard InChI is InChI=1S/C31H38Cl2N6O4S/c32-21-10-6-19(7-11-21)16-24(35)29(41)39-27(17-20-8-12-22(33)13-9-20)31(43)37-25(5-1-2-14-34)30(42)38-26(28(36)40)18-23-4-3-15-44-23/h3-4,6-13,15,24-27H,1-2,5,14,16-18,34-35H2,(H2,36,40)(H,37,43)(H,38,42)(H,39,41). The lowest BCUT2D eigenvalue weighted by Gasteiger charge is -2.25. The molecular weight excluding hydrogens is 623 g/mol. The van der Waals surface area contributed by atoms with E-state index in [1.807, 2.05) is 17.5 Å². The van der Waals surface area contributed by atoms with Crippen molar-refractivity contribution < 1.29 is 19.2 Å². The van der Waals surface area contributed by atoms with Crippen LogP contribution in [0.25, 0.3) is 0 Å². The Bertz CT molecular complexity index is 1370. The first kappa shape index (κ1) is 35.0. The van der Waals surface area contributed by atoms with Crippen LogP contribution in [0.15, 0.2) is 66.0 Å². The summed E-state index contributed by atoms with van der Waals surface area (Å²) in [6.45, 7) is 0.408. The topological polar surface area (TPSA) is 182 Å². The molecule has 0 fully saturated rings. The van der Waals surface area contributed by atoms with Crippen LogP contribution in [-0.2, 0) is 38.4 Å². The minimum absolute atomic E-state index is 0.113. The normalized spacial score (nSPS) is 13.7. The molecule has 4 amide bonds. The van der Waals surface area contributed by atoms with Gasteiger partial charge >= 0.3 is 0 Å². The van der Waals surface area contributed by atoms with Gasteiger partial charge in [0, 0.05) is 27.8 Å². The van der Waals surface area contributed by atoms with Crippen LogP contribution in [0.5, 0.6) is 0 Å². The zero-order chi connectivity index (χ0) is 32.1. The molecule has 13 heteroatoms. The lowest BCUT2D eigenvalue weighted by atomic mass is 10.0. The monoisotopic (exact) mass is 660 g/mol. The Morgan fingerprint density at radius 1 is 0.705 bits per heavy atom. The molecule has 44 heavy (non-hydrogen) atoms. The molecule has 0 saturated carbocycles. The van der Waals surface area contributed by atoms with Gasteiger partial charge in [0.05, 0.1) is 6.04 Å². The van der Waals surface area contributed by atoms with E-state index in [2.05, 4.69) is 16.0 Å². The van der Waals surface area contributed by atoms with Gasteiger partial charge in [0.15, 0.2) is 0 Å². The Labute approximate surface area is 271 Å². The van der Waals surface area contributed by atoms with Crippen molar-refractivity contribution in [3.63, 3.8) is 0 Å². The number of halogens is 2. The molecule has 0 aliphatic heterocycles. The number of carbonyl (C=O) groups is 4. The molecule has 0 bridgehead atoms. The smallest absolute Gasteiger partial charge is 0.243 e. The summed E-state index contributed by atoms with van der Waals surface area (Å²) in [6.07, 6.45) is 1.99. The number of rotatable bonds is 17. The van der Waals surface area contributed by atoms with E-state index in [4.69, 9.17) is 40.4 Å². The van der Waals surface area contributed by atoms with Gasteiger partial charge in [0.2, 0.25) is 23.6 Å². The van der Waals surface area contributed by atoms with Gasteiger partial charge in [-0.1, -0.05) is 53.5 Å². The molecule has 3 aromatic rings. The number of nitrogens with one attached hydrogen (secondary N) is 3. The highest BCUT2D eigenvalue weighted by Crippen LogP contribution is 2.14. The van der Waals surface area contributed by atoms with Gasteiger partial charge in [0.1, 0.15) is 18.1 Å². The quantitative estimate of drug-likeness (QED) is 0.121. The molecule has 10 nitrogen and oxygen atoms in total. The minimum Gasteiger partial charge on any atom is -0.368 e. The lowest BCUT2D eigenvalue weighted by molar-refractivity contribution is -0.133. The Morgan fingerprint density at radius 2 is 1.25 bits per heavy atom. The number of hydrogen-bond acceptors (Lipinski definition) is 7. The van der Waals surface area contributed by atoms with Crippen LogP contribution in [0.4, 0.5) is 0 Å². The minimum atomic E-state index is -1.07. The van der Waals surface area contributed by atoms with Gasteiger partial charge in [-0.05, 0) is 79.1 Å². The summed E-state index contributed by atoms with van der Waals surface area (Å²) in [5.41, 5.74) is 19.0. The molecule has 0 aliphatic carbocycles. The first-order valence-electron chi connectivity index (χ1n) is 14.2. The molecule has 0 aliphatic rings. The molecule has 9 N–H and O–H groups in total. The zero-order valence-electron chi connectivity index (χ0n) is 24.1. The second-order valence-electron chi connectivity index (χ2n) is 10.4. The Balaban J connectivity index is 1.77.